The largest absolute Gasteiger partial charge is 0.507 e. The van der Waals surface area contributed by atoms with Crippen LogP contribution in [0.2, 0.25) is 0 Å². The van der Waals surface area contributed by atoms with E-state index in [1.165, 1.54) is 4.90 Å². The molecule has 0 unspecified atom stereocenters. The molecule has 6 rings (SSSR count). The summed E-state index contributed by atoms with van der Waals surface area (Å²) in [6, 6.07) is 46.7. The van der Waals surface area contributed by atoms with Crippen molar-refractivity contribution in [1.82, 2.24) is 0 Å². The van der Waals surface area contributed by atoms with Crippen molar-refractivity contribution < 1.29 is 9.84 Å². The number of nitrogens with one attached hydrogen (secondary N) is 3. The zero-order valence-corrected chi connectivity index (χ0v) is 44.8. The number of ether oxygens (including phenoxy) is 1. The molecule has 0 fully saturated rings. The van der Waals surface area contributed by atoms with Crippen molar-refractivity contribution in [3.8, 4) is 11.5 Å². The van der Waals surface area contributed by atoms with E-state index in [-0.39, 0.29) is 21.7 Å². The van der Waals surface area contributed by atoms with Gasteiger partial charge in [-0.15, -0.1) is 23.5 Å². The Morgan fingerprint density at radius 1 is 0.565 bits per heavy atom. The quantitative estimate of drug-likeness (QED) is 0.0312. The number of rotatable bonds is 17. The third-order valence-corrected chi connectivity index (χ3v) is 13.5. The number of anilines is 6. The molecule has 69 heavy (non-hydrogen) atoms. The van der Waals surface area contributed by atoms with Crippen LogP contribution in [0.3, 0.4) is 0 Å². The Bertz CT molecular complexity index is 2650. The average molecular weight is 959 g/mol. The number of hydrogen-bond donors (Lipinski definition) is 4. The summed E-state index contributed by atoms with van der Waals surface area (Å²) in [7, 11) is 0. The number of phenolic OH excluding ortho intramolecular Hbond substituents is 1. The zero-order chi connectivity index (χ0) is 50.1. The Hall–Kier alpha value is -5.96. The second-order valence-electron chi connectivity index (χ2n) is 21.6. The minimum atomic E-state index is -0.197. The number of aromatic hydroxyl groups is 1. The molecule has 6 nitrogen and oxygen atoms in total. The first-order valence-corrected chi connectivity index (χ1v) is 25.9. The zero-order valence-electron chi connectivity index (χ0n) is 43.2. The molecule has 0 saturated carbocycles. The topological polar surface area (TPSA) is 68.8 Å². The number of nitrogens with zero attached hydrogens (tertiary/aromatic N) is 1. The lowest BCUT2D eigenvalue weighted by atomic mass is 9.79. The molecule has 6 aromatic carbocycles. The fourth-order valence-corrected chi connectivity index (χ4v) is 9.58. The summed E-state index contributed by atoms with van der Waals surface area (Å²) < 4.78 is 6.95. The highest BCUT2D eigenvalue weighted by atomic mass is 32.2. The van der Waals surface area contributed by atoms with Gasteiger partial charge in [-0.25, -0.2) is 0 Å². The number of hydrogen-bond acceptors (Lipinski definition) is 8. The molecule has 0 spiro atoms. The van der Waals surface area contributed by atoms with Crippen molar-refractivity contribution >= 4 is 57.6 Å². The molecule has 0 atom stereocenters. The summed E-state index contributed by atoms with van der Waals surface area (Å²) in [5.74, 6) is 3.46. The summed E-state index contributed by atoms with van der Waals surface area (Å²) in [5.41, 5.74) is 10.6. The SMILES string of the molecule is C=C(/C=C\C(=C/C)Oc1c(C(C)(C)C)cc(SCN(c2ccccc2)c2ccc(Nc3ccccc3)cc2)cc1C(C)(C)C)Nc1ccc(NCSc2cc(C(C)(C)C)c(O)c(C(C)(C)C)c2)cc1. The van der Waals surface area contributed by atoms with Crippen LogP contribution in [0.4, 0.5) is 34.1 Å². The number of para-hydroxylation sites is 2. The van der Waals surface area contributed by atoms with Crippen LogP contribution in [0.5, 0.6) is 11.5 Å². The van der Waals surface area contributed by atoms with E-state index in [0.29, 0.717) is 11.6 Å². The second kappa shape index (κ2) is 22.2. The Balaban J connectivity index is 1.13. The lowest BCUT2D eigenvalue weighted by molar-refractivity contribution is 0.403. The van der Waals surface area contributed by atoms with Crippen LogP contribution < -0.4 is 25.6 Å². The van der Waals surface area contributed by atoms with Gasteiger partial charge >= 0.3 is 0 Å². The van der Waals surface area contributed by atoms with Gasteiger partial charge in [0.05, 0.1) is 11.8 Å². The summed E-state index contributed by atoms with van der Waals surface area (Å²) in [5, 5.41) is 21.7. The molecular formula is C61H74N4O2S2. The monoisotopic (exact) mass is 959 g/mol. The van der Waals surface area contributed by atoms with Crippen molar-refractivity contribution in [3.63, 3.8) is 0 Å². The van der Waals surface area contributed by atoms with Gasteiger partial charge in [0, 0.05) is 71.9 Å². The van der Waals surface area contributed by atoms with Crippen LogP contribution in [-0.2, 0) is 21.7 Å². The maximum Gasteiger partial charge on any atom is 0.134 e. The molecular weight excluding hydrogens is 885 g/mol. The van der Waals surface area contributed by atoms with Crippen LogP contribution in [0.1, 0.15) is 112 Å². The Labute approximate surface area is 422 Å². The first-order valence-electron chi connectivity index (χ1n) is 23.9. The van der Waals surface area contributed by atoms with Crippen LogP contribution in [-0.4, -0.2) is 16.9 Å². The van der Waals surface area contributed by atoms with Crippen LogP contribution >= 0.6 is 23.5 Å². The number of thioether (sulfide) groups is 2. The van der Waals surface area contributed by atoms with E-state index < -0.39 is 0 Å². The molecule has 0 saturated heterocycles. The lowest BCUT2D eigenvalue weighted by Crippen LogP contribution is -2.20. The van der Waals surface area contributed by atoms with E-state index in [1.807, 2.05) is 55.1 Å². The molecule has 6 aromatic rings. The third-order valence-electron chi connectivity index (χ3n) is 11.7. The maximum atomic E-state index is 11.1. The van der Waals surface area contributed by atoms with Gasteiger partial charge in [0.25, 0.3) is 0 Å². The second-order valence-corrected chi connectivity index (χ2v) is 23.7. The van der Waals surface area contributed by atoms with Crippen LogP contribution in [0.15, 0.2) is 180 Å². The van der Waals surface area contributed by atoms with Gasteiger partial charge in [0.15, 0.2) is 0 Å². The molecule has 0 radical (unpaired) electrons. The smallest absolute Gasteiger partial charge is 0.134 e. The molecule has 4 N–H and O–H groups in total. The molecule has 0 bridgehead atoms. The van der Waals surface area contributed by atoms with Crippen molar-refractivity contribution in [3.05, 3.63) is 192 Å². The van der Waals surface area contributed by atoms with Crippen molar-refractivity contribution in [1.29, 1.82) is 0 Å². The molecule has 0 aliphatic heterocycles. The summed E-state index contributed by atoms with van der Waals surface area (Å²) >= 11 is 3.57. The standard InChI is InChI=1S/C61H74N4O2S2/c1-15-49(35-26-42(2)63-45-29-27-43(28-30-45)62-40-68-50-36-52(58(3,4)5)56(66)53(37-50)59(6,7)8)67-57-54(60(9,10)11)38-51(39-55(57)61(12,13)14)69-41-65(47-24-20-17-21-25-47)48-33-31-46(32-34-48)64-44-22-18-16-19-23-44/h15-39,62-64,66H,2,40-41H2,1,3-14H3/b35-26-,49-15+. The minimum Gasteiger partial charge on any atom is -0.507 e. The summed E-state index contributed by atoms with van der Waals surface area (Å²) in [6.45, 7) is 32.8. The molecule has 0 amide bonds. The lowest BCUT2D eigenvalue weighted by Gasteiger charge is -2.31. The highest BCUT2D eigenvalue weighted by Crippen LogP contribution is 2.45. The number of benzene rings is 6. The van der Waals surface area contributed by atoms with E-state index in [0.717, 1.165) is 84.4 Å². The fraction of sp³-hybridized carbons (Fsp3) is 0.311. The van der Waals surface area contributed by atoms with E-state index in [2.05, 4.69) is 226 Å². The fourth-order valence-electron chi connectivity index (χ4n) is 7.79. The first-order chi connectivity index (χ1) is 32.5. The van der Waals surface area contributed by atoms with E-state index in [9.17, 15) is 5.11 Å². The van der Waals surface area contributed by atoms with Crippen LogP contribution in [0.25, 0.3) is 0 Å². The van der Waals surface area contributed by atoms with Gasteiger partial charge in [-0.3, -0.25) is 0 Å². The van der Waals surface area contributed by atoms with Gasteiger partial charge < -0.3 is 30.7 Å². The maximum absolute atomic E-state index is 11.1. The predicted molar refractivity (Wildman–Crippen MR) is 302 cm³/mol. The highest BCUT2D eigenvalue weighted by molar-refractivity contribution is 7.99. The van der Waals surface area contributed by atoms with Crippen molar-refractivity contribution in [2.24, 2.45) is 0 Å². The van der Waals surface area contributed by atoms with Crippen molar-refractivity contribution in [2.45, 2.75) is 121 Å². The van der Waals surface area contributed by atoms with Gasteiger partial charge in [-0.05, 0) is 144 Å². The average Bonchev–Trinajstić information content (AvgIpc) is 3.28. The molecule has 0 heterocycles. The number of phenols is 1. The third kappa shape index (κ3) is 14.5. The van der Waals surface area contributed by atoms with Gasteiger partial charge in [-0.2, -0.15) is 0 Å². The number of allylic oxidation sites excluding steroid dienone is 3. The van der Waals surface area contributed by atoms with Crippen LogP contribution in [0, 0.1) is 0 Å². The van der Waals surface area contributed by atoms with E-state index in [4.69, 9.17) is 4.74 Å². The van der Waals surface area contributed by atoms with Gasteiger partial charge in [0.1, 0.15) is 17.3 Å². The molecule has 8 heteroatoms. The Kier molecular flexibility index (Phi) is 16.9. The van der Waals surface area contributed by atoms with E-state index in [1.54, 1.807) is 11.8 Å². The normalized spacial score (nSPS) is 12.5. The van der Waals surface area contributed by atoms with Crippen molar-refractivity contribution in [2.75, 3.05) is 32.6 Å². The Morgan fingerprint density at radius 3 is 1.54 bits per heavy atom. The van der Waals surface area contributed by atoms with Gasteiger partial charge in [-0.1, -0.05) is 126 Å². The highest BCUT2D eigenvalue weighted by Gasteiger charge is 2.30. The Morgan fingerprint density at radius 2 is 1.01 bits per heavy atom. The first kappa shape index (κ1) is 52.4. The predicted octanol–water partition coefficient (Wildman–Crippen LogP) is 17.8. The van der Waals surface area contributed by atoms with Gasteiger partial charge in [0.2, 0.25) is 0 Å². The summed E-state index contributed by atoms with van der Waals surface area (Å²) in [4.78, 5) is 4.70. The molecule has 0 aliphatic rings. The summed E-state index contributed by atoms with van der Waals surface area (Å²) in [6.07, 6.45) is 5.96. The molecule has 362 valence electrons. The molecule has 0 aliphatic carbocycles. The molecule has 0 aromatic heterocycles. The van der Waals surface area contributed by atoms with E-state index >= 15 is 0 Å². The minimum absolute atomic E-state index is 0.167.